The molecule has 1 saturated heterocycles. The lowest BCUT2D eigenvalue weighted by atomic mass is 9.93. The molecule has 1 N–H and O–H groups in total. The average Bonchev–Trinajstić information content (AvgIpc) is 3.19. The molecule has 1 fully saturated rings. The minimum Gasteiger partial charge on any atom is -0.469 e. The van der Waals surface area contributed by atoms with E-state index in [0.717, 1.165) is 17.5 Å². The lowest BCUT2D eigenvalue weighted by Gasteiger charge is -2.30. The van der Waals surface area contributed by atoms with Gasteiger partial charge in [-0.2, -0.15) is 5.10 Å². The molecule has 174 valence electrons. The van der Waals surface area contributed by atoms with Crippen molar-refractivity contribution in [3.8, 4) is 0 Å². The molecule has 4 rings (SSSR count). The minimum absolute atomic E-state index is 0.176. The molecule has 1 aliphatic heterocycles. The zero-order valence-corrected chi connectivity index (χ0v) is 19.4. The van der Waals surface area contributed by atoms with Crippen molar-refractivity contribution in [3.05, 3.63) is 57.5 Å². The summed E-state index contributed by atoms with van der Waals surface area (Å²) < 4.78 is 10.8. The lowest BCUT2D eigenvalue weighted by Crippen LogP contribution is -2.40. The summed E-state index contributed by atoms with van der Waals surface area (Å²) in [6.07, 6.45) is 3.30. The van der Waals surface area contributed by atoms with E-state index in [1.807, 2.05) is 6.92 Å². The molecule has 1 aromatic heterocycles. The Labute approximate surface area is 196 Å². The Morgan fingerprint density at radius 2 is 1.91 bits per heavy atom. The Bertz CT molecular complexity index is 1120. The zero-order valence-electron chi connectivity index (χ0n) is 18.7. The number of rotatable bonds is 4. The van der Waals surface area contributed by atoms with Crippen LogP contribution in [-0.2, 0) is 16.0 Å². The molecule has 0 bridgehead atoms. The minimum atomic E-state index is -0.397. The molecule has 2 aliphatic rings. The number of carbonyl (C=O) groups excluding carboxylic acids is 3. The summed E-state index contributed by atoms with van der Waals surface area (Å²) in [6, 6.07) is 6.77. The lowest BCUT2D eigenvalue weighted by molar-refractivity contribution is -0.146. The van der Waals surface area contributed by atoms with Gasteiger partial charge in [0.15, 0.2) is 5.76 Å². The van der Waals surface area contributed by atoms with Gasteiger partial charge in [0.2, 0.25) is 0 Å². The Balaban J connectivity index is 1.51. The van der Waals surface area contributed by atoms with Crippen molar-refractivity contribution in [1.29, 1.82) is 0 Å². The van der Waals surface area contributed by atoms with Gasteiger partial charge >= 0.3 is 5.97 Å². The predicted molar refractivity (Wildman–Crippen MR) is 122 cm³/mol. The molecule has 9 heteroatoms. The van der Waals surface area contributed by atoms with Crippen LogP contribution in [0.1, 0.15) is 63.5 Å². The van der Waals surface area contributed by atoms with E-state index < -0.39 is 5.91 Å². The summed E-state index contributed by atoms with van der Waals surface area (Å²) >= 11 is 6.10. The molecule has 2 heterocycles. The van der Waals surface area contributed by atoms with Gasteiger partial charge in [0.05, 0.1) is 29.3 Å². The Kier molecular flexibility index (Phi) is 6.83. The van der Waals surface area contributed by atoms with Gasteiger partial charge in [-0.1, -0.05) is 23.7 Å². The molecule has 33 heavy (non-hydrogen) atoms. The van der Waals surface area contributed by atoms with E-state index in [-0.39, 0.29) is 17.8 Å². The standard InChI is InChI=1S/C24H26ClN3O5/c1-14-20-18(26-27-22(29)16-6-3-4-7-17(16)25)8-5-9-19(20)33-21(14)23(30)28-12-10-15(11-13-28)24(31)32-2/h3-4,6-7,15H,5,8-13H2,1-2H3,(H,27,29)/b26-18+. The summed E-state index contributed by atoms with van der Waals surface area (Å²) in [5.74, 6) is 0.00788. The normalized spacial score (nSPS) is 17.5. The molecular weight excluding hydrogens is 446 g/mol. The van der Waals surface area contributed by atoms with Crippen molar-refractivity contribution < 1.29 is 23.5 Å². The van der Waals surface area contributed by atoms with Crippen LogP contribution in [0.15, 0.2) is 33.8 Å². The fourth-order valence-corrected chi connectivity index (χ4v) is 4.66. The summed E-state index contributed by atoms with van der Waals surface area (Å²) in [6.45, 7) is 2.78. The second-order valence-corrected chi connectivity index (χ2v) is 8.68. The van der Waals surface area contributed by atoms with E-state index in [0.29, 0.717) is 66.6 Å². The highest BCUT2D eigenvalue weighted by Gasteiger charge is 2.33. The zero-order chi connectivity index (χ0) is 23.5. The maximum atomic E-state index is 13.2. The number of likely N-dealkylation sites (tertiary alicyclic amines) is 1. The first-order chi connectivity index (χ1) is 15.9. The number of aryl methyl sites for hydroxylation is 1. The number of benzene rings is 1. The van der Waals surface area contributed by atoms with Gasteiger partial charge in [0, 0.05) is 30.6 Å². The molecule has 2 aromatic rings. The summed E-state index contributed by atoms with van der Waals surface area (Å²) in [7, 11) is 1.38. The molecule has 1 aliphatic carbocycles. The molecule has 0 spiro atoms. The number of esters is 1. The number of furan rings is 1. The number of carbonyl (C=O) groups is 3. The molecule has 0 unspecified atom stereocenters. The number of piperidine rings is 1. The van der Waals surface area contributed by atoms with Crippen molar-refractivity contribution in [2.24, 2.45) is 11.0 Å². The number of ether oxygens (including phenoxy) is 1. The van der Waals surface area contributed by atoms with E-state index in [4.69, 9.17) is 20.8 Å². The van der Waals surface area contributed by atoms with Crippen LogP contribution in [0.5, 0.6) is 0 Å². The third kappa shape index (κ3) is 4.66. The van der Waals surface area contributed by atoms with Crippen molar-refractivity contribution in [3.63, 3.8) is 0 Å². The van der Waals surface area contributed by atoms with Gasteiger partial charge in [-0.15, -0.1) is 0 Å². The fraction of sp³-hybridized carbons (Fsp3) is 0.417. The SMILES string of the molecule is COC(=O)C1CCN(C(=O)c2oc3c(c2C)/C(=N/NC(=O)c2ccccc2Cl)CCC3)CC1. The van der Waals surface area contributed by atoms with Crippen LogP contribution in [-0.4, -0.2) is 48.6 Å². The smallest absolute Gasteiger partial charge is 0.308 e. The number of hydrogen-bond donors (Lipinski definition) is 1. The number of amides is 2. The molecular formula is C24H26ClN3O5. The largest absolute Gasteiger partial charge is 0.469 e. The third-order valence-corrected chi connectivity index (χ3v) is 6.58. The maximum absolute atomic E-state index is 13.2. The molecule has 0 saturated carbocycles. The quantitative estimate of drug-likeness (QED) is 0.540. The van der Waals surface area contributed by atoms with Crippen molar-refractivity contribution >= 4 is 35.1 Å². The molecule has 0 atom stereocenters. The number of nitrogens with zero attached hydrogens (tertiary/aromatic N) is 2. The third-order valence-electron chi connectivity index (χ3n) is 6.25. The second-order valence-electron chi connectivity index (χ2n) is 8.28. The Morgan fingerprint density at radius 3 is 2.61 bits per heavy atom. The van der Waals surface area contributed by atoms with Crippen molar-refractivity contribution in [1.82, 2.24) is 10.3 Å². The van der Waals surface area contributed by atoms with E-state index in [1.54, 1.807) is 29.2 Å². The Hall–Kier alpha value is -3.13. The van der Waals surface area contributed by atoms with Crippen molar-refractivity contribution in [2.45, 2.75) is 39.0 Å². The van der Waals surface area contributed by atoms with E-state index >= 15 is 0 Å². The summed E-state index contributed by atoms with van der Waals surface area (Å²) in [5, 5.41) is 4.70. The van der Waals surface area contributed by atoms with Crippen LogP contribution in [0, 0.1) is 12.8 Å². The van der Waals surface area contributed by atoms with Gasteiger partial charge in [-0.05, 0) is 44.7 Å². The number of halogens is 1. The first kappa shape index (κ1) is 23.0. The summed E-state index contributed by atoms with van der Waals surface area (Å²) in [5.41, 5.74) is 5.11. The van der Waals surface area contributed by atoms with Gasteiger partial charge in [-0.3, -0.25) is 14.4 Å². The van der Waals surface area contributed by atoms with E-state index in [1.165, 1.54) is 7.11 Å². The van der Waals surface area contributed by atoms with Crippen LogP contribution in [0.2, 0.25) is 5.02 Å². The fourth-order valence-electron chi connectivity index (χ4n) is 4.44. The molecule has 8 nitrogen and oxygen atoms in total. The van der Waals surface area contributed by atoms with Gasteiger partial charge in [0.25, 0.3) is 11.8 Å². The highest BCUT2D eigenvalue weighted by atomic mass is 35.5. The monoisotopic (exact) mass is 471 g/mol. The van der Waals surface area contributed by atoms with Gasteiger partial charge < -0.3 is 14.1 Å². The van der Waals surface area contributed by atoms with Crippen LogP contribution in [0.4, 0.5) is 0 Å². The topological polar surface area (TPSA) is 101 Å². The van der Waals surface area contributed by atoms with E-state index in [2.05, 4.69) is 10.5 Å². The number of methoxy groups -OCH3 is 1. The van der Waals surface area contributed by atoms with Crippen LogP contribution in [0.25, 0.3) is 0 Å². The number of hydrogen-bond acceptors (Lipinski definition) is 6. The highest BCUT2D eigenvalue weighted by Crippen LogP contribution is 2.31. The highest BCUT2D eigenvalue weighted by molar-refractivity contribution is 6.33. The number of hydrazone groups is 1. The number of nitrogens with one attached hydrogen (secondary N) is 1. The summed E-state index contributed by atoms with van der Waals surface area (Å²) in [4.78, 5) is 39.1. The first-order valence-electron chi connectivity index (χ1n) is 11.0. The van der Waals surface area contributed by atoms with Crippen LogP contribution >= 0.6 is 11.6 Å². The van der Waals surface area contributed by atoms with Gasteiger partial charge in [0.1, 0.15) is 5.76 Å². The van der Waals surface area contributed by atoms with E-state index in [9.17, 15) is 14.4 Å². The van der Waals surface area contributed by atoms with Crippen molar-refractivity contribution in [2.75, 3.05) is 20.2 Å². The first-order valence-corrected chi connectivity index (χ1v) is 11.4. The maximum Gasteiger partial charge on any atom is 0.308 e. The number of fused-ring (bicyclic) bond motifs is 1. The molecule has 2 amide bonds. The second kappa shape index (κ2) is 9.79. The molecule has 1 aromatic carbocycles. The average molecular weight is 472 g/mol. The van der Waals surface area contributed by atoms with Crippen LogP contribution < -0.4 is 5.43 Å². The predicted octanol–water partition coefficient (Wildman–Crippen LogP) is 3.74. The molecule has 0 radical (unpaired) electrons. The Morgan fingerprint density at radius 1 is 1.18 bits per heavy atom. The van der Waals surface area contributed by atoms with Gasteiger partial charge in [-0.25, -0.2) is 5.43 Å². The van der Waals surface area contributed by atoms with Crippen LogP contribution in [0.3, 0.4) is 0 Å².